The van der Waals surface area contributed by atoms with E-state index in [1.165, 1.54) is 0 Å². The summed E-state index contributed by atoms with van der Waals surface area (Å²) in [6.45, 7) is 8.90. The van der Waals surface area contributed by atoms with Crippen molar-refractivity contribution in [3.63, 3.8) is 0 Å². The van der Waals surface area contributed by atoms with E-state index >= 15 is 0 Å². The number of hydrogen-bond acceptors (Lipinski definition) is 5. The molecular weight excluding hydrogens is 282 g/mol. The van der Waals surface area contributed by atoms with Crippen molar-refractivity contribution in [2.45, 2.75) is 25.8 Å². The number of phenols is 1. The van der Waals surface area contributed by atoms with E-state index in [0.29, 0.717) is 11.1 Å². The summed E-state index contributed by atoms with van der Waals surface area (Å²) >= 11 is 0. The van der Waals surface area contributed by atoms with Crippen molar-refractivity contribution in [2.24, 2.45) is 0 Å². The molecule has 0 spiro atoms. The van der Waals surface area contributed by atoms with Crippen LogP contribution in [0.4, 0.5) is 5.69 Å². The quantitative estimate of drug-likeness (QED) is 0.480. The van der Waals surface area contributed by atoms with Crippen LogP contribution in [0.1, 0.15) is 30.0 Å². The highest BCUT2D eigenvalue weighted by Gasteiger charge is 2.28. The van der Waals surface area contributed by atoms with Crippen molar-refractivity contribution in [1.29, 1.82) is 0 Å². The number of piperazine rings is 1. The fourth-order valence-electron chi connectivity index (χ4n) is 3.00. The fraction of sp³-hybridized carbons (Fsp3) is 0.500. The maximum atomic E-state index is 11.2. The molecule has 120 valence electrons. The third kappa shape index (κ3) is 3.45. The molecule has 1 aliphatic rings. The Morgan fingerprint density at radius 1 is 1.50 bits per heavy atom. The van der Waals surface area contributed by atoms with Gasteiger partial charge < -0.3 is 10.4 Å². The van der Waals surface area contributed by atoms with Crippen LogP contribution in [-0.2, 0) is 0 Å². The second-order valence-corrected chi connectivity index (χ2v) is 5.59. The van der Waals surface area contributed by atoms with Crippen LogP contribution in [0.3, 0.4) is 0 Å². The van der Waals surface area contributed by atoms with Gasteiger partial charge in [-0.05, 0) is 19.8 Å². The molecule has 1 atom stereocenters. The lowest BCUT2D eigenvalue weighted by Crippen LogP contribution is -2.45. The molecule has 6 nitrogen and oxygen atoms in total. The van der Waals surface area contributed by atoms with E-state index in [1.807, 2.05) is 12.1 Å². The molecule has 0 aromatic heterocycles. The van der Waals surface area contributed by atoms with Crippen LogP contribution in [0, 0.1) is 17.0 Å². The first-order chi connectivity index (χ1) is 10.6. The van der Waals surface area contributed by atoms with E-state index in [-0.39, 0.29) is 17.5 Å². The zero-order valence-corrected chi connectivity index (χ0v) is 12.9. The summed E-state index contributed by atoms with van der Waals surface area (Å²) in [5, 5.41) is 24.9. The summed E-state index contributed by atoms with van der Waals surface area (Å²) < 4.78 is 0. The molecule has 0 aliphatic carbocycles. The standard InChI is InChI=1S/C16H23N3O3/c1-3-4-5-14(18-10-8-17-9-11-18)13-7-6-12(2)15(16(13)20)19(21)22/h3,6-7,14,17,20H,1,4-5,8-11H2,2H3/t14-/m1/s1. The molecule has 1 aliphatic heterocycles. The predicted octanol–water partition coefficient (Wildman–Crippen LogP) is 2.52. The molecule has 1 fully saturated rings. The Hall–Kier alpha value is -1.92. The molecule has 0 unspecified atom stereocenters. The van der Waals surface area contributed by atoms with E-state index < -0.39 is 4.92 Å². The van der Waals surface area contributed by atoms with Crippen molar-refractivity contribution >= 4 is 5.69 Å². The van der Waals surface area contributed by atoms with Gasteiger partial charge in [0, 0.05) is 43.3 Å². The second kappa shape index (κ2) is 7.38. The van der Waals surface area contributed by atoms with Crippen LogP contribution in [0.5, 0.6) is 5.75 Å². The van der Waals surface area contributed by atoms with Gasteiger partial charge in [-0.15, -0.1) is 6.58 Å². The van der Waals surface area contributed by atoms with Crippen molar-refractivity contribution in [3.8, 4) is 5.75 Å². The highest BCUT2D eigenvalue weighted by atomic mass is 16.6. The molecule has 1 heterocycles. The molecule has 1 saturated heterocycles. The number of rotatable bonds is 6. The second-order valence-electron chi connectivity index (χ2n) is 5.59. The fourth-order valence-corrected chi connectivity index (χ4v) is 3.00. The Morgan fingerprint density at radius 3 is 2.77 bits per heavy atom. The average molecular weight is 305 g/mol. The average Bonchev–Trinajstić information content (AvgIpc) is 2.50. The third-order valence-electron chi connectivity index (χ3n) is 4.16. The number of nitrogens with zero attached hydrogens (tertiary/aromatic N) is 2. The Labute approximate surface area is 130 Å². The van der Waals surface area contributed by atoms with Gasteiger partial charge in [0.15, 0.2) is 5.75 Å². The topological polar surface area (TPSA) is 78.6 Å². The molecule has 0 amide bonds. The molecule has 1 aromatic rings. The third-order valence-corrected chi connectivity index (χ3v) is 4.16. The zero-order valence-electron chi connectivity index (χ0n) is 12.9. The highest BCUT2D eigenvalue weighted by Crippen LogP contribution is 2.40. The molecule has 0 radical (unpaired) electrons. The normalized spacial score (nSPS) is 17.1. The van der Waals surface area contributed by atoms with Gasteiger partial charge in [0.25, 0.3) is 0 Å². The largest absolute Gasteiger partial charge is 0.502 e. The molecule has 0 saturated carbocycles. The van der Waals surface area contributed by atoms with Gasteiger partial charge in [-0.3, -0.25) is 15.0 Å². The number of benzene rings is 1. The van der Waals surface area contributed by atoms with Crippen LogP contribution in [-0.4, -0.2) is 41.1 Å². The summed E-state index contributed by atoms with van der Waals surface area (Å²) in [5.74, 6) is -0.197. The van der Waals surface area contributed by atoms with Gasteiger partial charge in [0.05, 0.1) is 4.92 Å². The monoisotopic (exact) mass is 305 g/mol. The lowest BCUT2D eigenvalue weighted by Gasteiger charge is -2.35. The lowest BCUT2D eigenvalue weighted by molar-refractivity contribution is -0.386. The van der Waals surface area contributed by atoms with Crippen molar-refractivity contribution in [3.05, 3.63) is 46.0 Å². The van der Waals surface area contributed by atoms with Crippen molar-refractivity contribution in [2.75, 3.05) is 26.2 Å². The molecular formula is C16H23N3O3. The van der Waals surface area contributed by atoms with Gasteiger partial charge in [0.2, 0.25) is 0 Å². The van der Waals surface area contributed by atoms with E-state index in [2.05, 4.69) is 16.8 Å². The first-order valence-corrected chi connectivity index (χ1v) is 7.58. The minimum absolute atomic E-state index is 0.0283. The van der Waals surface area contributed by atoms with E-state index in [0.717, 1.165) is 39.0 Å². The SMILES string of the molecule is C=CCC[C@H](c1ccc(C)c([N+](=O)[O-])c1O)N1CCNCC1. The number of hydrogen-bond donors (Lipinski definition) is 2. The van der Waals surface area contributed by atoms with Crippen LogP contribution >= 0.6 is 0 Å². The summed E-state index contributed by atoms with van der Waals surface area (Å²) in [7, 11) is 0. The highest BCUT2D eigenvalue weighted by molar-refractivity contribution is 5.56. The number of nitro benzene ring substituents is 1. The maximum Gasteiger partial charge on any atom is 0.313 e. The van der Waals surface area contributed by atoms with Crippen LogP contribution in [0.15, 0.2) is 24.8 Å². The number of phenolic OH excluding ortho intramolecular Hbond substituents is 1. The molecule has 0 bridgehead atoms. The molecule has 6 heteroatoms. The lowest BCUT2D eigenvalue weighted by atomic mass is 9.96. The van der Waals surface area contributed by atoms with Gasteiger partial charge in [0.1, 0.15) is 0 Å². The predicted molar refractivity (Wildman–Crippen MR) is 86.1 cm³/mol. The molecule has 2 rings (SSSR count). The molecule has 1 aromatic carbocycles. The number of aromatic hydroxyl groups is 1. The number of allylic oxidation sites excluding steroid dienone is 1. The van der Waals surface area contributed by atoms with Gasteiger partial charge in [-0.2, -0.15) is 0 Å². The van der Waals surface area contributed by atoms with Crippen LogP contribution in [0.2, 0.25) is 0 Å². The minimum Gasteiger partial charge on any atom is -0.502 e. The number of nitrogens with one attached hydrogen (secondary N) is 1. The summed E-state index contributed by atoms with van der Waals surface area (Å²) in [5.41, 5.74) is 0.936. The summed E-state index contributed by atoms with van der Waals surface area (Å²) in [6, 6.07) is 3.50. The zero-order chi connectivity index (χ0) is 16.1. The van der Waals surface area contributed by atoms with Crippen LogP contribution < -0.4 is 5.32 Å². The van der Waals surface area contributed by atoms with Gasteiger partial charge in [-0.1, -0.05) is 18.2 Å². The van der Waals surface area contributed by atoms with Crippen molar-refractivity contribution in [1.82, 2.24) is 10.2 Å². The Morgan fingerprint density at radius 2 is 2.18 bits per heavy atom. The number of nitro groups is 1. The van der Waals surface area contributed by atoms with E-state index in [4.69, 9.17) is 0 Å². The Bertz CT molecular complexity index is 554. The Kier molecular flexibility index (Phi) is 5.51. The van der Waals surface area contributed by atoms with Crippen LogP contribution in [0.25, 0.3) is 0 Å². The summed E-state index contributed by atoms with van der Waals surface area (Å²) in [6.07, 6.45) is 3.43. The van der Waals surface area contributed by atoms with Crippen molar-refractivity contribution < 1.29 is 10.0 Å². The van der Waals surface area contributed by atoms with Gasteiger partial charge in [-0.25, -0.2) is 0 Å². The Balaban J connectivity index is 2.39. The van der Waals surface area contributed by atoms with Gasteiger partial charge >= 0.3 is 5.69 Å². The maximum absolute atomic E-state index is 11.2. The number of aryl methyl sites for hydroxylation is 1. The molecule has 2 N–H and O–H groups in total. The van der Waals surface area contributed by atoms with E-state index in [1.54, 1.807) is 13.0 Å². The molecule has 22 heavy (non-hydrogen) atoms. The smallest absolute Gasteiger partial charge is 0.313 e. The van der Waals surface area contributed by atoms with E-state index in [9.17, 15) is 15.2 Å². The first-order valence-electron chi connectivity index (χ1n) is 7.58. The minimum atomic E-state index is -0.503. The summed E-state index contributed by atoms with van der Waals surface area (Å²) in [4.78, 5) is 13.0. The first kappa shape index (κ1) is 16.5.